The summed E-state index contributed by atoms with van der Waals surface area (Å²) in [5, 5.41) is 0.00865. The summed E-state index contributed by atoms with van der Waals surface area (Å²) >= 11 is 5.95. The van der Waals surface area contributed by atoms with Gasteiger partial charge in [-0.2, -0.15) is 4.31 Å². The Balaban J connectivity index is 2.01. The zero-order chi connectivity index (χ0) is 14.9. The van der Waals surface area contributed by atoms with Crippen molar-refractivity contribution in [3.8, 4) is 0 Å². The molecule has 1 aliphatic rings. The van der Waals surface area contributed by atoms with Crippen molar-refractivity contribution in [2.75, 3.05) is 6.54 Å². The van der Waals surface area contributed by atoms with Crippen molar-refractivity contribution in [1.29, 1.82) is 0 Å². The smallest absolute Gasteiger partial charge is 0.246 e. The van der Waals surface area contributed by atoms with E-state index >= 15 is 0 Å². The third-order valence-electron chi connectivity index (χ3n) is 3.58. The lowest BCUT2D eigenvalue weighted by molar-refractivity contribution is 0.396. The first-order valence-electron chi connectivity index (χ1n) is 6.63. The van der Waals surface area contributed by atoms with Crippen molar-refractivity contribution < 1.29 is 8.42 Å². The largest absolute Gasteiger partial charge is 0.264 e. The Hall–Kier alpha value is -1.50. The second kappa shape index (κ2) is 5.71. The molecule has 0 spiro atoms. The molecule has 21 heavy (non-hydrogen) atoms. The molecule has 0 N–H and O–H groups in total. The molecule has 0 radical (unpaired) electrons. The number of sulfonamides is 1. The highest BCUT2D eigenvalue weighted by molar-refractivity contribution is 7.89. The summed E-state index contributed by atoms with van der Waals surface area (Å²) in [6, 6.07) is 6.59. The highest BCUT2D eigenvalue weighted by Crippen LogP contribution is 2.37. The molecule has 2 aromatic rings. The van der Waals surface area contributed by atoms with Gasteiger partial charge in [0, 0.05) is 25.1 Å². The molecular formula is C14H14ClN3O2S. The van der Waals surface area contributed by atoms with Crippen LogP contribution in [-0.2, 0) is 10.0 Å². The van der Waals surface area contributed by atoms with Gasteiger partial charge in [-0.1, -0.05) is 17.7 Å². The molecule has 0 bridgehead atoms. The van der Waals surface area contributed by atoms with Gasteiger partial charge in [-0.15, -0.1) is 0 Å². The zero-order valence-electron chi connectivity index (χ0n) is 11.2. The monoisotopic (exact) mass is 323 g/mol. The topological polar surface area (TPSA) is 63.2 Å². The Bertz CT molecular complexity index is 737. The van der Waals surface area contributed by atoms with E-state index in [9.17, 15) is 8.42 Å². The minimum absolute atomic E-state index is 0.00865. The number of pyridine rings is 2. The van der Waals surface area contributed by atoms with Crippen molar-refractivity contribution >= 4 is 21.6 Å². The summed E-state index contributed by atoms with van der Waals surface area (Å²) in [7, 11) is -3.66. The van der Waals surface area contributed by atoms with Gasteiger partial charge in [0.2, 0.25) is 10.0 Å². The first-order chi connectivity index (χ1) is 10.1. The lowest BCUT2D eigenvalue weighted by atomic mass is 10.1. The highest BCUT2D eigenvalue weighted by atomic mass is 35.5. The Labute approximate surface area is 128 Å². The van der Waals surface area contributed by atoms with E-state index in [1.54, 1.807) is 18.5 Å². The minimum Gasteiger partial charge on any atom is -0.264 e. The minimum atomic E-state index is -3.66. The van der Waals surface area contributed by atoms with Gasteiger partial charge in [-0.05, 0) is 36.6 Å². The fourth-order valence-corrected chi connectivity index (χ4v) is 4.74. The van der Waals surface area contributed by atoms with Crippen LogP contribution in [0.25, 0.3) is 0 Å². The SMILES string of the molecule is O=S(=O)(c1cccnc1Cl)N1CCCC1c1cccnc1. The van der Waals surface area contributed by atoms with Crippen LogP contribution in [0.1, 0.15) is 24.4 Å². The average Bonchev–Trinajstić information content (AvgIpc) is 2.99. The molecule has 1 unspecified atom stereocenters. The van der Waals surface area contributed by atoms with Gasteiger partial charge in [0.1, 0.15) is 10.0 Å². The fourth-order valence-electron chi connectivity index (χ4n) is 2.62. The first kappa shape index (κ1) is 14.4. The van der Waals surface area contributed by atoms with E-state index in [2.05, 4.69) is 9.97 Å². The highest BCUT2D eigenvalue weighted by Gasteiger charge is 2.37. The molecule has 0 amide bonds. The Morgan fingerprint density at radius 1 is 1.24 bits per heavy atom. The van der Waals surface area contributed by atoms with Gasteiger partial charge >= 0.3 is 0 Å². The average molecular weight is 324 g/mol. The standard InChI is InChI=1S/C14H14ClN3O2S/c15-14-13(6-2-8-17-14)21(19,20)18-9-3-5-12(18)11-4-1-7-16-10-11/h1-2,4,6-8,10,12H,3,5,9H2. The van der Waals surface area contributed by atoms with E-state index in [4.69, 9.17) is 11.6 Å². The van der Waals surface area contributed by atoms with Crippen molar-refractivity contribution in [2.24, 2.45) is 0 Å². The van der Waals surface area contributed by atoms with Crippen LogP contribution in [0.2, 0.25) is 5.15 Å². The van der Waals surface area contributed by atoms with E-state index in [0.717, 1.165) is 18.4 Å². The summed E-state index contributed by atoms with van der Waals surface area (Å²) in [5.41, 5.74) is 0.901. The van der Waals surface area contributed by atoms with Gasteiger partial charge in [0.25, 0.3) is 0 Å². The summed E-state index contributed by atoms with van der Waals surface area (Å²) in [5.74, 6) is 0. The summed E-state index contributed by atoms with van der Waals surface area (Å²) < 4.78 is 27.1. The molecular weight excluding hydrogens is 310 g/mol. The van der Waals surface area contributed by atoms with E-state index < -0.39 is 10.0 Å². The van der Waals surface area contributed by atoms with Crippen molar-refractivity contribution in [2.45, 2.75) is 23.8 Å². The van der Waals surface area contributed by atoms with Crippen molar-refractivity contribution in [3.05, 3.63) is 53.6 Å². The Morgan fingerprint density at radius 3 is 2.76 bits per heavy atom. The van der Waals surface area contributed by atoms with Crippen LogP contribution >= 0.6 is 11.6 Å². The molecule has 5 nitrogen and oxygen atoms in total. The maximum absolute atomic E-state index is 12.8. The van der Waals surface area contributed by atoms with Gasteiger partial charge in [0.05, 0.1) is 6.04 Å². The number of nitrogens with zero attached hydrogens (tertiary/aromatic N) is 3. The molecule has 2 aromatic heterocycles. The fraction of sp³-hybridized carbons (Fsp3) is 0.286. The molecule has 3 heterocycles. The maximum Gasteiger partial charge on any atom is 0.246 e. The predicted molar refractivity (Wildman–Crippen MR) is 79.4 cm³/mol. The summed E-state index contributed by atoms with van der Waals surface area (Å²) in [6.45, 7) is 0.479. The molecule has 7 heteroatoms. The van der Waals surface area contributed by atoms with Crippen LogP contribution in [0.4, 0.5) is 0 Å². The van der Waals surface area contributed by atoms with Crippen molar-refractivity contribution in [3.63, 3.8) is 0 Å². The van der Waals surface area contributed by atoms with Crippen LogP contribution in [0.15, 0.2) is 47.8 Å². The normalized spacial score (nSPS) is 19.8. The van der Waals surface area contributed by atoms with Crippen LogP contribution in [-0.4, -0.2) is 29.2 Å². The Kier molecular flexibility index (Phi) is 3.93. The number of hydrogen-bond acceptors (Lipinski definition) is 4. The molecule has 0 aliphatic carbocycles. The molecule has 110 valence electrons. The maximum atomic E-state index is 12.8. The number of halogens is 1. The first-order valence-corrected chi connectivity index (χ1v) is 8.45. The third-order valence-corrected chi connectivity index (χ3v) is 5.94. The quantitative estimate of drug-likeness (QED) is 0.815. The van der Waals surface area contributed by atoms with E-state index in [0.29, 0.717) is 6.54 Å². The second-order valence-corrected chi connectivity index (χ2v) is 7.07. The van der Waals surface area contributed by atoms with Crippen LogP contribution in [0.3, 0.4) is 0 Å². The van der Waals surface area contributed by atoms with Crippen LogP contribution in [0.5, 0.6) is 0 Å². The van der Waals surface area contributed by atoms with E-state index in [-0.39, 0.29) is 16.1 Å². The Morgan fingerprint density at radius 2 is 2.05 bits per heavy atom. The van der Waals surface area contributed by atoms with Gasteiger partial charge < -0.3 is 0 Å². The lowest BCUT2D eigenvalue weighted by Crippen LogP contribution is -2.31. The number of rotatable bonds is 3. The molecule has 1 atom stereocenters. The molecule has 1 saturated heterocycles. The summed E-state index contributed by atoms with van der Waals surface area (Å²) in [6.07, 6.45) is 6.46. The predicted octanol–water partition coefficient (Wildman–Crippen LogP) is 2.66. The zero-order valence-corrected chi connectivity index (χ0v) is 12.8. The third kappa shape index (κ3) is 2.66. The number of hydrogen-bond donors (Lipinski definition) is 0. The number of aromatic nitrogens is 2. The second-order valence-electron chi connectivity index (χ2n) is 4.85. The molecule has 0 saturated carbocycles. The molecule has 1 fully saturated rings. The van der Waals surface area contributed by atoms with E-state index in [1.807, 2.05) is 12.1 Å². The van der Waals surface area contributed by atoms with E-state index in [1.165, 1.54) is 16.6 Å². The van der Waals surface area contributed by atoms with Crippen molar-refractivity contribution in [1.82, 2.24) is 14.3 Å². The van der Waals surface area contributed by atoms with Gasteiger partial charge in [-0.3, -0.25) is 4.98 Å². The lowest BCUT2D eigenvalue weighted by Gasteiger charge is -2.24. The molecule has 0 aromatic carbocycles. The van der Waals surface area contributed by atoms with Gasteiger partial charge in [0.15, 0.2) is 0 Å². The summed E-state index contributed by atoms with van der Waals surface area (Å²) in [4.78, 5) is 8.00. The molecule has 1 aliphatic heterocycles. The van der Waals surface area contributed by atoms with Crippen LogP contribution in [0, 0.1) is 0 Å². The molecule has 3 rings (SSSR count). The van der Waals surface area contributed by atoms with Gasteiger partial charge in [-0.25, -0.2) is 13.4 Å². The van der Waals surface area contributed by atoms with Crippen LogP contribution < -0.4 is 0 Å².